The molecular weight excluding hydrogens is 288 g/mol. The first-order valence-electron chi connectivity index (χ1n) is 5.61. The SMILES string of the molecule is O=C(O)CNC(=O)CNC(=O)COc1ccccc1Cl. The summed E-state index contributed by atoms with van der Waals surface area (Å²) in [6.07, 6.45) is 0. The van der Waals surface area contributed by atoms with Crippen LogP contribution in [0.4, 0.5) is 0 Å². The maximum atomic E-state index is 11.4. The van der Waals surface area contributed by atoms with E-state index < -0.39 is 24.3 Å². The first-order valence-corrected chi connectivity index (χ1v) is 5.99. The topological polar surface area (TPSA) is 105 Å². The van der Waals surface area contributed by atoms with Gasteiger partial charge in [-0.05, 0) is 12.1 Å². The number of rotatable bonds is 7. The lowest BCUT2D eigenvalue weighted by atomic mass is 10.3. The van der Waals surface area contributed by atoms with Gasteiger partial charge in [0.1, 0.15) is 12.3 Å². The molecule has 0 aliphatic carbocycles. The number of aliphatic carboxylic acids is 1. The Bertz CT molecular complexity index is 506. The minimum atomic E-state index is -1.16. The van der Waals surface area contributed by atoms with Gasteiger partial charge in [0.25, 0.3) is 5.91 Å². The maximum absolute atomic E-state index is 11.4. The number of carbonyl (C=O) groups is 3. The predicted molar refractivity (Wildman–Crippen MR) is 70.6 cm³/mol. The summed E-state index contributed by atoms with van der Waals surface area (Å²) in [6.45, 7) is -1.11. The minimum Gasteiger partial charge on any atom is -0.482 e. The van der Waals surface area contributed by atoms with Crippen LogP contribution in [0.2, 0.25) is 5.02 Å². The van der Waals surface area contributed by atoms with Crippen LogP contribution in [0.1, 0.15) is 0 Å². The van der Waals surface area contributed by atoms with E-state index in [4.69, 9.17) is 21.4 Å². The molecule has 0 saturated heterocycles. The Morgan fingerprint density at radius 2 is 1.75 bits per heavy atom. The molecule has 3 N–H and O–H groups in total. The van der Waals surface area contributed by atoms with Crippen molar-refractivity contribution in [1.29, 1.82) is 0 Å². The van der Waals surface area contributed by atoms with Crippen LogP contribution in [0, 0.1) is 0 Å². The highest BCUT2D eigenvalue weighted by Crippen LogP contribution is 2.22. The van der Waals surface area contributed by atoms with Crippen LogP contribution >= 0.6 is 11.6 Å². The van der Waals surface area contributed by atoms with Crippen molar-refractivity contribution in [3.63, 3.8) is 0 Å². The lowest BCUT2D eigenvalue weighted by Crippen LogP contribution is -2.40. The normalized spacial score (nSPS) is 9.65. The summed E-state index contributed by atoms with van der Waals surface area (Å²) in [5, 5.41) is 13.1. The van der Waals surface area contributed by atoms with Gasteiger partial charge in [-0.1, -0.05) is 23.7 Å². The molecule has 1 aromatic carbocycles. The second kappa shape index (κ2) is 8.00. The fourth-order valence-corrected chi connectivity index (χ4v) is 1.36. The van der Waals surface area contributed by atoms with Gasteiger partial charge >= 0.3 is 5.97 Å². The standard InChI is InChI=1S/C12H13ClN2O5/c13-8-3-1-2-4-9(8)20-7-11(17)14-5-10(16)15-6-12(18)19/h1-4H,5-7H2,(H,14,17)(H,15,16)(H,18,19). The number of carboxylic acid groups (broad SMARTS) is 1. The number of ether oxygens (including phenoxy) is 1. The van der Waals surface area contributed by atoms with E-state index in [-0.39, 0.29) is 13.2 Å². The van der Waals surface area contributed by atoms with E-state index >= 15 is 0 Å². The number of halogens is 1. The van der Waals surface area contributed by atoms with Gasteiger partial charge in [0.05, 0.1) is 11.6 Å². The zero-order valence-electron chi connectivity index (χ0n) is 10.4. The first-order chi connectivity index (χ1) is 9.49. The van der Waals surface area contributed by atoms with Gasteiger partial charge in [0.2, 0.25) is 5.91 Å². The highest BCUT2D eigenvalue weighted by atomic mass is 35.5. The molecule has 108 valence electrons. The van der Waals surface area contributed by atoms with E-state index in [1.54, 1.807) is 24.3 Å². The number of para-hydroxylation sites is 1. The van der Waals surface area contributed by atoms with Crippen molar-refractivity contribution < 1.29 is 24.2 Å². The van der Waals surface area contributed by atoms with Crippen molar-refractivity contribution >= 4 is 29.4 Å². The molecule has 0 radical (unpaired) electrons. The summed E-state index contributed by atoms with van der Waals surface area (Å²) in [4.78, 5) is 32.7. The Balaban J connectivity index is 2.25. The number of carbonyl (C=O) groups excluding carboxylic acids is 2. The van der Waals surface area contributed by atoms with E-state index in [9.17, 15) is 14.4 Å². The highest BCUT2D eigenvalue weighted by molar-refractivity contribution is 6.32. The Morgan fingerprint density at radius 3 is 2.40 bits per heavy atom. The number of nitrogens with one attached hydrogen (secondary N) is 2. The monoisotopic (exact) mass is 300 g/mol. The lowest BCUT2D eigenvalue weighted by Gasteiger charge is -2.08. The smallest absolute Gasteiger partial charge is 0.322 e. The molecule has 0 bridgehead atoms. The summed E-state index contributed by atoms with van der Waals surface area (Å²) in [5.41, 5.74) is 0. The lowest BCUT2D eigenvalue weighted by molar-refractivity contribution is -0.137. The van der Waals surface area contributed by atoms with Crippen molar-refractivity contribution in [3.8, 4) is 5.75 Å². The second-order valence-electron chi connectivity index (χ2n) is 3.67. The van der Waals surface area contributed by atoms with Gasteiger partial charge in [0, 0.05) is 0 Å². The van der Waals surface area contributed by atoms with Crippen molar-refractivity contribution in [2.75, 3.05) is 19.7 Å². The quantitative estimate of drug-likeness (QED) is 0.659. The molecule has 1 aromatic rings. The van der Waals surface area contributed by atoms with Crippen LogP contribution in [-0.2, 0) is 14.4 Å². The third-order valence-corrected chi connectivity index (χ3v) is 2.39. The van der Waals surface area contributed by atoms with Crippen molar-refractivity contribution in [2.24, 2.45) is 0 Å². The van der Waals surface area contributed by atoms with Crippen LogP contribution in [0.3, 0.4) is 0 Å². The zero-order chi connectivity index (χ0) is 15.0. The molecular formula is C12H13ClN2O5. The average Bonchev–Trinajstić information content (AvgIpc) is 2.42. The summed E-state index contributed by atoms with van der Waals surface area (Å²) in [6, 6.07) is 6.66. The van der Waals surface area contributed by atoms with Crippen LogP contribution in [0.15, 0.2) is 24.3 Å². The third kappa shape index (κ3) is 6.05. The molecule has 8 heteroatoms. The Morgan fingerprint density at radius 1 is 1.10 bits per heavy atom. The number of hydrogen-bond donors (Lipinski definition) is 3. The predicted octanol–water partition coefficient (Wildman–Crippen LogP) is 0.0358. The molecule has 20 heavy (non-hydrogen) atoms. The van der Waals surface area contributed by atoms with E-state index in [0.717, 1.165) is 0 Å². The molecule has 0 saturated carbocycles. The minimum absolute atomic E-state index is 0.296. The number of hydrogen-bond acceptors (Lipinski definition) is 4. The van der Waals surface area contributed by atoms with Gasteiger partial charge in [0.15, 0.2) is 6.61 Å². The summed E-state index contributed by atoms with van der Waals surface area (Å²) in [5.74, 6) is -1.92. The van der Waals surface area contributed by atoms with Gasteiger partial charge in [-0.15, -0.1) is 0 Å². The number of amides is 2. The molecule has 1 rings (SSSR count). The van der Waals surface area contributed by atoms with E-state index in [1.807, 2.05) is 0 Å². The average molecular weight is 301 g/mol. The first kappa shape index (κ1) is 15.8. The number of carboxylic acids is 1. The Labute approximate surface area is 119 Å². The van der Waals surface area contributed by atoms with Crippen LogP contribution < -0.4 is 15.4 Å². The van der Waals surface area contributed by atoms with Gasteiger partial charge in [-0.25, -0.2) is 0 Å². The number of benzene rings is 1. The molecule has 0 fully saturated rings. The summed E-state index contributed by atoms with van der Waals surface area (Å²) in [7, 11) is 0. The largest absolute Gasteiger partial charge is 0.482 e. The molecule has 0 aromatic heterocycles. The second-order valence-corrected chi connectivity index (χ2v) is 4.07. The van der Waals surface area contributed by atoms with Gasteiger partial charge in [-0.2, -0.15) is 0 Å². The van der Waals surface area contributed by atoms with Crippen LogP contribution in [0.5, 0.6) is 5.75 Å². The van der Waals surface area contributed by atoms with E-state index in [0.29, 0.717) is 10.8 Å². The Hall–Kier alpha value is -2.28. The van der Waals surface area contributed by atoms with Crippen molar-refractivity contribution in [2.45, 2.75) is 0 Å². The van der Waals surface area contributed by atoms with E-state index in [2.05, 4.69) is 10.6 Å². The fraction of sp³-hybridized carbons (Fsp3) is 0.250. The molecule has 0 unspecified atom stereocenters. The third-order valence-electron chi connectivity index (χ3n) is 2.08. The maximum Gasteiger partial charge on any atom is 0.322 e. The Kier molecular flexibility index (Phi) is 6.31. The molecule has 0 aliphatic rings. The summed E-state index contributed by atoms with van der Waals surface area (Å²) >= 11 is 5.83. The molecule has 0 spiro atoms. The van der Waals surface area contributed by atoms with Crippen molar-refractivity contribution in [1.82, 2.24) is 10.6 Å². The molecule has 0 atom stereocenters. The van der Waals surface area contributed by atoms with E-state index in [1.165, 1.54) is 0 Å². The molecule has 2 amide bonds. The highest BCUT2D eigenvalue weighted by Gasteiger charge is 2.08. The summed E-state index contributed by atoms with van der Waals surface area (Å²) < 4.78 is 5.16. The fourth-order valence-electron chi connectivity index (χ4n) is 1.17. The van der Waals surface area contributed by atoms with Gasteiger partial charge < -0.3 is 20.5 Å². The van der Waals surface area contributed by atoms with Crippen LogP contribution in [-0.4, -0.2) is 42.6 Å². The molecule has 7 nitrogen and oxygen atoms in total. The molecule has 0 heterocycles. The van der Waals surface area contributed by atoms with Crippen LogP contribution in [0.25, 0.3) is 0 Å². The zero-order valence-corrected chi connectivity index (χ0v) is 11.1. The van der Waals surface area contributed by atoms with Gasteiger partial charge in [-0.3, -0.25) is 14.4 Å². The molecule has 0 aliphatic heterocycles. The van der Waals surface area contributed by atoms with Crippen molar-refractivity contribution in [3.05, 3.63) is 29.3 Å².